The van der Waals surface area contributed by atoms with Crippen molar-refractivity contribution < 1.29 is 14.7 Å². The molecule has 0 aliphatic rings. The van der Waals surface area contributed by atoms with Crippen molar-refractivity contribution in [1.82, 2.24) is 0 Å². The predicted octanol–water partition coefficient (Wildman–Crippen LogP) is -0.305. The van der Waals surface area contributed by atoms with Gasteiger partial charge in [0.05, 0.1) is 0 Å². The molecule has 60 valence electrons. The van der Waals surface area contributed by atoms with Crippen LogP contribution in [-0.4, -0.2) is 68.8 Å². The number of aryl methyl sites for hydroxylation is 1. The molecule has 0 aliphatic carbocycles. The monoisotopic (exact) mass is 192 g/mol. The van der Waals surface area contributed by atoms with E-state index in [1.54, 1.807) is 12.1 Å². The zero-order valence-corrected chi connectivity index (χ0v) is 6.19. The first kappa shape index (κ1) is 12.6. The van der Waals surface area contributed by atoms with Gasteiger partial charge in [-0.05, 0) is 19.1 Å². The van der Waals surface area contributed by atoms with E-state index in [0.717, 1.165) is 5.56 Å². The first-order valence-electron chi connectivity index (χ1n) is 3.28. The summed E-state index contributed by atoms with van der Waals surface area (Å²) in [6.07, 6.45) is 0. The Bertz CT molecular complexity index is 225. The molecule has 0 saturated heterocycles. The first-order valence-corrected chi connectivity index (χ1v) is 3.28. The van der Waals surface area contributed by atoms with Gasteiger partial charge < -0.3 is 14.7 Å². The van der Waals surface area contributed by atoms with E-state index in [-0.39, 0.29) is 51.4 Å². The molecule has 1 aromatic carbocycles. The van der Waals surface area contributed by atoms with E-state index in [2.05, 4.69) is 4.65 Å². The Balaban J connectivity index is 0.00000121. The van der Waals surface area contributed by atoms with Crippen LogP contribution in [0.1, 0.15) is 5.56 Å². The Morgan fingerprint density at radius 1 is 1.17 bits per heavy atom. The van der Waals surface area contributed by atoms with Crippen molar-refractivity contribution in [3.63, 3.8) is 0 Å². The Morgan fingerprint density at radius 2 is 1.67 bits per heavy atom. The second-order valence-corrected chi connectivity index (χ2v) is 2.26. The average Bonchev–Trinajstić information content (AvgIpc) is 1.93. The van der Waals surface area contributed by atoms with E-state index in [1.807, 2.05) is 19.1 Å². The molecular formula is C7H10BKO3. The second-order valence-electron chi connectivity index (χ2n) is 2.26. The number of benzene rings is 1. The van der Waals surface area contributed by atoms with Crippen molar-refractivity contribution in [2.24, 2.45) is 0 Å². The minimum absolute atomic E-state index is 0. The normalized spacial score (nSPS) is 8.58. The fourth-order valence-electron chi connectivity index (χ4n) is 0.739. The molecule has 0 spiro atoms. The van der Waals surface area contributed by atoms with Crippen LogP contribution in [0.2, 0.25) is 0 Å². The summed E-state index contributed by atoms with van der Waals surface area (Å²) >= 11 is 0. The zero-order chi connectivity index (χ0) is 8.27. The van der Waals surface area contributed by atoms with E-state index >= 15 is 0 Å². The Labute approximate surface area is 114 Å². The first-order chi connectivity index (χ1) is 5.18. The number of hydrogen-bond donors (Lipinski definition) is 2. The average molecular weight is 192 g/mol. The third kappa shape index (κ3) is 4.61. The van der Waals surface area contributed by atoms with Crippen molar-refractivity contribution in [2.45, 2.75) is 6.92 Å². The molecule has 0 aromatic heterocycles. The quantitative estimate of drug-likeness (QED) is 0.632. The molecule has 1 rings (SSSR count). The van der Waals surface area contributed by atoms with Crippen LogP contribution in [0.15, 0.2) is 24.3 Å². The number of rotatable bonds is 2. The summed E-state index contributed by atoms with van der Waals surface area (Å²) in [6, 6.07) is 7.01. The maximum absolute atomic E-state index is 8.41. The van der Waals surface area contributed by atoms with Gasteiger partial charge in [0, 0.05) is 0 Å². The van der Waals surface area contributed by atoms with Crippen molar-refractivity contribution >= 4 is 58.7 Å². The molecule has 0 unspecified atom stereocenters. The van der Waals surface area contributed by atoms with Gasteiger partial charge in [-0.15, -0.1) is 0 Å². The summed E-state index contributed by atoms with van der Waals surface area (Å²) in [4.78, 5) is 0. The predicted molar refractivity (Wildman–Crippen MR) is 49.1 cm³/mol. The van der Waals surface area contributed by atoms with Crippen LogP contribution >= 0.6 is 0 Å². The van der Waals surface area contributed by atoms with E-state index < -0.39 is 7.32 Å². The van der Waals surface area contributed by atoms with Crippen molar-refractivity contribution in [3.8, 4) is 5.75 Å². The molecule has 0 amide bonds. The molecule has 5 heteroatoms. The summed E-state index contributed by atoms with van der Waals surface area (Å²) in [7, 11) is -1.74. The van der Waals surface area contributed by atoms with E-state index in [1.165, 1.54) is 0 Å². The van der Waals surface area contributed by atoms with Crippen LogP contribution in [0.25, 0.3) is 0 Å². The fourth-order valence-corrected chi connectivity index (χ4v) is 0.739. The number of hydrogen-bond acceptors (Lipinski definition) is 3. The van der Waals surface area contributed by atoms with Crippen LogP contribution in [-0.2, 0) is 0 Å². The van der Waals surface area contributed by atoms with Crippen molar-refractivity contribution in [2.75, 3.05) is 0 Å². The van der Waals surface area contributed by atoms with Gasteiger partial charge in [-0.3, -0.25) is 0 Å². The molecule has 0 atom stereocenters. The molecule has 12 heavy (non-hydrogen) atoms. The third-order valence-electron chi connectivity index (χ3n) is 1.26. The summed E-state index contributed by atoms with van der Waals surface area (Å²) in [6.45, 7) is 1.94. The second kappa shape index (κ2) is 6.15. The molecule has 0 heterocycles. The van der Waals surface area contributed by atoms with Gasteiger partial charge in [0.25, 0.3) is 0 Å². The molecule has 0 fully saturated rings. The van der Waals surface area contributed by atoms with Gasteiger partial charge >= 0.3 is 58.7 Å². The SMILES string of the molecule is Cc1ccc(OB(O)O)cc1.[KH]. The Morgan fingerprint density at radius 3 is 2.08 bits per heavy atom. The van der Waals surface area contributed by atoms with Gasteiger partial charge in [0.15, 0.2) is 0 Å². The third-order valence-corrected chi connectivity index (χ3v) is 1.26. The molecule has 0 radical (unpaired) electrons. The van der Waals surface area contributed by atoms with Crippen molar-refractivity contribution in [3.05, 3.63) is 29.8 Å². The van der Waals surface area contributed by atoms with E-state index in [9.17, 15) is 0 Å². The summed E-state index contributed by atoms with van der Waals surface area (Å²) in [5.41, 5.74) is 1.10. The maximum atomic E-state index is 8.41. The van der Waals surface area contributed by atoms with Crippen LogP contribution in [0.5, 0.6) is 5.75 Å². The van der Waals surface area contributed by atoms with Gasteiger partial charge in [0.2, 0.25) is 0 Å². The van der Waals surface area contributed by atoms with Crippen LogP contribution < -0.4 is 4.65 Å². The van der Waals surface area contributed by atoms with Crippen LogP contribution in [0.3, 0.4) is 0 Å². The molecule has 3 nitrogen and oxygen atoms in total. The molecular weight excluding hydrogens is 182 g/mol. The summed E-state index contributed by atoms with van der Waals surface area (Å²) in [5, 5.41) is 16.8. The molecule has 1 aromatic rings. The molecule has 2 N–H and O–H groups in total. The fraction of sp³-hybridized carbons (Fsp3) is 0.143. The van der Waals surface area contributed by atoms with Gasteiger partial charge in [0.1, 0.15) is 5.75 Å². The van der Waals surface area contributed by atoms with Gasteiger partial charge in [-0.25, -0.2) is 0 Å². The van der Waals surface area contributed by atoms with Crippen LogP contribution in [0, 0.1) is 6.92 Å². The molecule has 0 aliphatic heterocycles. The summed E-state index contributed by atoms with van der Waals surface area (Å²) < 4.78 is 4.58. The molecule has 0 saturated carbocycles. The topological polar surface area (TPSA) is 49.7 Å². The summed E-state index contributed by atoms with van der Waals surface area (Å²) in [5.74, 6) is 0.450. The standard InChI is InChI=1S/C7H9BO3.K.H/c1-6-2-4-7(5-3-6)11-8(9)10;;/h2-5,9-10H,1H3;;. The Kier molecular flexibility index (Phi) is 6.48. The van der Waals surface area contributed by atoms with Crippen LogP contribution in [0.4, 0.5) is 0 Å². The zero-order valence-electron chi connectivity index (χ0n) is 6.19. The van der Waals surface area contributed by atoms with Gasteiger partial charge in [-0.1, -0.05) is 17.7 Å². The van der Waals surface area contributed by atoms with E-state index in [4.69, 9.17) is 10.0 Å². The van der Waals surface area contributed by atoms with Gasteiger partial charge in [-0.2, -0.15) is 0 Å². The van der Waals surface area contributed by atoms with E-state index in [0.29, 0.717) is 5.75 Å². The van der Waals surface area contributed by atoms with Crippen molar-refractivity contribution in [1.29, 1.82) is 0 Å². The molecule has 0 bridgehead atoms. The minimum atomic E-state index is -1.74. The Hall–Kier alpha value is 0.641.